The Morgan fingerprint density at radius 3 is 2.67 bits per heavy atom. The zero-order valence-electron chi connectivity index (χ0n) is 21.9. The van der Waals surface area contributed by atoms with Crippen molar-refractivity contribution in [1.82, 2.24) is 30.1 Å². The molecule has 6 rings (SSSR count). The van der Waals surface area contributed by atoms with Crippen LogP contribution in [0, 0.1) is 6.92 Å². The molecule has 0 aliphatic heterocycles. The lowest BCUT2D eigenvalue weighted by molar-refractivity contribution is 0.173. The second kappa shape index (κ2) is 11.2. The number of rotatable bonds is 8. The molecule has 3 heterocycles. The summed E-state index contributed by atoms with van der Waals surface area (Å²) < 4.78 is 7.74. The molecule has 8 nitrogen and oxygen atoms in total. The minimum absolute atomic E-state index is 0.152. The first-order valence-corrected chi connectivity index (χ1v) is 13.9. The Kier molecular flexibility index (Phi) is 7.30. The van der Waals surface area contributed by atoms with Gasteiger partial charge in [0, 0.05) is 17.1 Å². The highest BCUT2D eigenvalue weighted by molar-refractivity contribution is 6.30. The van der Waals surface area contributed by atoms with Gasteiger partial charge in [-0.1, -0.05) is 61.2 Å². The molecule has 1 fully saturated rings. The summed E-state index contributed by atoms with van der Waals surface area (Å²) >= 11 is 6.19. The molecular weight excluding hydrogens is 512 g/mol. The highest BCUT2D eigenvalue weighted by Crippen LogP contribution is 2.35. The van der Waals surface area contributed by atoms with Crippen molar-refractivity contribution < 1.29 is 4.42 Å². The molecule has 0 amide bonds. The lowest BCUT2D eigenvalue weighted by atomic mass is 9.95. The van der Waals surface area contributed by atoms with E-state index in [0.717, 1.165) is 53.5 Å². The lowest BCUT2D eigenvalue weighted by Gasteiger charge is -2.32. The average molecular weight is 543 g/mol. The van der Waals surface area contributed by atoms with Crippen LogP contribution in [0.3, 0.4) is 0 Å². The van der Waals surface area contributed by atoms with Crippen LogP contribution in [0.2, 0.25) is 5.02 Å². The molecule has 1 atom stereocenters. The van der Waals surface area contributed by atoms with Crippen LogP contribution in [0.5, 0.6) is 0 Å². The maximum absolute atomic E-state index is 13.8. The van der Waals surface area contributed by atoms with Crippen LogP contribution in [0.15, 0.2) is 76.1 Å². The van der Waals surface area contributed by atoms with Crippen molar-refractivity contribution in [2.24, 2.45) is 0 Å². The van der Waals surface area contributed by atoms with Gasteiger partial charge in [0.2, 0.25) is 0 Å². The fourth-order valence-corrected chi connectivity index (χ4v) is 5.86. The lowest BCUT2D eigenvalue weighted by Crippen LogP contribution is -2.35. The Bertz CT molecular complexity index is 1600. The van der Waals surface area contributed by atoms with E-state index < -0.39 is 6.04 Å². The summed E-state index contributed by atoms with van der Waals surface area (Å²) in [5, 5.41) is 14.8. The summed E-state index contributed by atoms with van der Waals surface area (Å²) in [4.78, 5) is 19.2. The number of aryl methyl sites for hydroxylation is 1. The van der Waals surface area contributed by atoms with Crippen molar-refractivity contribution >= 4 is 22.5 Å². The summed E-state index contributed by atoms with van der Waals surface area (Å²) in [6.45, 7) is 3.00. The van der Waals surface area contributed by atoms with Crippen LogP contribution in [0.25, 0.3) is 10.9 Å². The van der Waals surface area contributed by atoms with Gasteiger partial charge >= 0.3 is 0 Å². The molecule has 2 aromatic carbocycles. The molecule has 1 saturated carbocycles. The van der Waals surface area contributed by atoms with E-state index in [0.29, 0.717) is 29.5 Å². The topological polar surface area (TPSA) is 92.8 Å². The molecule has 5 aromatic rings. The normalized spacial score (nSPS) is 15.3. The van der Waals surface area contributed by atoms with Crippen molar-refractivity contribution in [1.29, 1.82) is 0 Å². The van der Waals surface area contributed by atoms with Crippen LogP contribution in [0.4, 0.5) is 0 Å². The fraction of sp³-hybridized carbons (Fsp3) is 0.333. The maximum atomic E-state index is 13.8. The molecule has 3 aromatic heterocycles. The number of aromatic nitrogens is 5. The Hall–Kier alpha value is -3.75. The molecule has 0 spiro atoms. The van der Waals surface area contributed by atoms with Gasteiger partial charge in [0.05, 0.1) is 24.4 Å². The maximum Gasteiger partial charge on any atom is 0.253 e. The third-order valence-corrected chi connectivity index (χ3v) is 7.95. The standard InChI is InChI=1S/C30H31ClN6O2/c1-20-7-5-8-22-17-26(30(38)32-27(20)22)28(29-33-34-35-37(29)24-9-3-2-4-10-24)36(19-25-11-6-16-39-25)18-21-12-14-23(31)15-13-21/h5-8,11-17,24,28H,2-4,9-10,18-19H2,1H3,(H,32,38)/t28-/m1/s1. The number of aromatic amines is 1. The van der Waals surface area contributed by atoms with Gasteiger partial charge in [0.15, 0.2) is 5.82 Å². The molecule has 0 saturated heterocycles. The van der Waals surface area contributed by atoms with Gasteiger partial charge in [-0.15, -0.1) is 5.10 Å². The average Bonchev–Trinajstić information content (AvgIpc) is 3.64. The van der Waals surface area contributed by atoms with Crippen LogP contribution < -0.4 is 5.56 Å². The van der Waals surface area contributed by atoms with Crippen molar-refractivity contribution in [3.8, 4) is 0 Å². The molecule has 1 N–H and O–H groups in total. The number of halogens is 1. The van der Waals surface area contributed by atoms with Gasteiger partial charge in [-0.2, -0.15) is 0 Å². The van der Waals surface area contributed by atoms with E-state index >= 15 is 0 Å². The van der Waals surface area contributed by atoms with Gasteiger partial charge < -0.3 is 9.40 Å². The van der Waals surface area contributed by atoms with E-state index in [9.17, 15) is 4.79 Å². The predicted molar refractivity (Wildman–Crippen MR) is 150 cm³/mol. The van der Waals surface area contributed by atoms with E-state index in [4.69, 9.17) is 16.0 Å². The minimum atomic E-state index is -0.517. The summed E-state index contributed by atoms with van der Waals surface area (Å²) in [6, 6.07) is 19.3. The Morgan fingerprint density at radius 1 is 1.08 bits per heavy atom. The molecule has 200 valence electrons. The zero-order chi connectivity index (χ0) is 26.8. The van der Waals surface area contributed by atoms with Crippen molar-refractivity contribution in [2.45, 2.75) is 64.2 Å². The highest BCUT2D eigenvalue weighted by Gasteiger charge is 2.33. The number of pyridine rings is 1. The van der Waals surface area contributed by atoms with Crippen LogP contribution in [-0.4, -0.2) is 30.1 Å². The fourth-order valence-electron chi connectivity index (χ4n) is 5.73. The van der Waals surface area contributed by atoms with Crippen LogP contribution in [0.1, 0.15) is 72.5 Å². The zero-order valence-corrected chi connectivity index (χ0v) is 22.6. The second-order valence-corrected chi connectivity index (χ2v) is 10.8. The molecule has 39 heavy (non-hydrogen) atoms. The van der Waals surface area contributed by atoms with Crippen molar-refractivity contribution in [3.05, 3.63) is 111 Å². The Balaban J connectivity index is 1.53. The summed E-state index contributed by atoms with van der Waals surface area (Å²) in [5.41, 5.74) is 3.36. The SMILES string of the molecule is Cc1cccc2cc([C@H](c3nnnn3C3CCCCC3)N(Cc3ccc(Cl)cc3)Cc3ccco3)c(=O)[nH]c12. The van der Waals surface area contributed by atoms with Gasteiger partial charge in [0.1, 0.15) is 11.8 Å². The van der Waals surface area contributed by atoms with E-state index in [1.165, 1.54) is 6.42 Å². The van der Waals surface area contributed by atoms with Gasteiger partial charge in [-0.25, -0.2) is 4.68 Å². The van der Waals surface area contributed by atoms with E-state index in [1.807, 2.05) is 72.3 Å². The number of furan rings is 1. The Morgan fingerprint density at radius 2 is 1.90 bits per heavy atom. The molecular formula is C30H31ClN6O2. The first-order valence-electron chi connectivity index (χ1n) is 13.5. The molecule has 1 aliphatic rings. The van der Waals surface area contributed by atoms with Crippen molar-refractivity contribution in [2.75, 3.05) is 0 Å². The van der Waals surface area contributed by atoms with Gasteiger partial charge in [-0.05, 0) is 77.0 Å². The molecule has 9 heteroatoms. The molecule has 0 unspecified atom stereocenters. The van der Waals surface area contributed by atoms with Crippen LogP contribution in [-0.2, 0) is 13.1 Å². The predicted octanol–water partition coefficient (Wildman–Crippen LogP) is 6.37. The molecule has 0 radical (unpaired) electrons. The largest absolute Gasteiger partial charge is 0.468 e. The van der Waals surface area contributed by atoms with Crippen LogP contribution >= 0.6 is 11.6 Å². The number of para-hydroxylation sites is 1. The Labute approximate surface area is 231 Å². The number of hydrogen-bond donors (Lipinski definition) is 1. The van der Waals surface area contributed by atoms with Gasteiger partial charge in [-0.3, -0.25) is 9.69 Å². The number of nitrogens with zero attached hydrogens (tertiary/aromatic N) is 5. The number of nitrogens with one attached hydrogen (secondary N) is 1. The molecule has 0 bridgehead atoms. The second-order valence-electron chi connectivity index (χ2n) is 10.4. The van der Waals surface area contributed by atoms with E-state index in [2.05, 4.69) is 25.4 Å². The number of benzene rings is 2. The monoisotopic (exact) mass is 542 g/mol. The number of hydrogen-bond acceptors (Lipinski definition) is 6. The number of fused-ring (bicyclic) bond motifs is 1. The number of H-pyrrole nitrogens is 1. The quantitative estimate of drug-likeness (QED) is 0.245. The van der Waals surface area contributed by atoms with Gasteiger partial charge in [0.25, 0.3) is 5.56 Å². The summed E-state index contributed by atoms with van der Waals surface area (Å²) in [6.07, 6.45) is 7.22. The first-order chi connectivity index (χ1) is 19.1. The van der Waals surface area contributed by atoms with Crippen molar-refractivity contribution in [3.63, 3.8) is 0 Å². The van der Waals surface area contributed by atoms with E-state index in [1.54, 1.807) is 6.26 Å². The molecule has 1 aliphatic carbocycles. The highest BCUT2D eigenvalue weighted by atomic mass is 35.5. The first kappa shape index (κ1) is 25.5. The smallest absolute Gasteiger partial charge is 0.253 e. The number of tetrazole rings is 1. The summed E-state index contributed by atoms with van der Waals surface area (Å²) in [7, 11) is 0. The minimum Gasteiger partial charge on any atom is -0.468 e. The third-order valence-electron chi connectivity index (χ3n) is 7.70. The summed E-state index contributed by atoms with van der Waals surface area (Å²) in [5.74, 6) is 1.46. The third kappa shape index (κ3) is 5.40. The van der Waals surface area contributed by atoms with E-state index in [-0.39, 0.29) is 11.6 Å².